The summed E-state index contributed by atoms with van der Waals surface area (Å²) in [7, 11) is -3.44. The molecule has 0 radical (unpaired) electrons. The van der Waals surface area contributed by atoms with Crippen molar-refractivity contribution in [2.45, 2.75) is 25.3 Å². The van der Waals surface area contributed by atoms with Crippen molar-refractivity contribution in [3.8, 4) is 5.75 Å². The number of amides is 1. The molecule has 8 heteroatoms. The van der Waals surface area contributed by atoms with Gasteiger partial charge in [0.1, 0.15) is 11.3 Å². The third-order valence-electron chi connectivity index (χ3n) is 5.15. The average molecular weight is 481 g/mol. The van der Waals surface area contributed by atoms with Crippen molar-refractivity contribution < 1.29 is 17.9 Å². The second-order valence-electron chi connectivity index (χ2n) is 7.34. The molecule has 170 valence electrons. The fourth-order valence-corrected chi connectivity index (χ4v) is 5.34. The average Bonchev–Trinajstić information content (AvgIpc) is 3.28. The Balaban J connectivity index is 1.79. The smallest absolute Gasteiger partial charge is 0.260 e. The lowest BCUT2D eigenvalue weighted by molar-refractivity contribution is 0.0985. The van der Waals surface area contributed by atoms with Crippen LogP contribution in [0.1, 0.15) is 29.8 Å². The van der Waals surface area contributed by atoms with E-state index in [1.165, 1.54) is 23.5 Å². The molecule has 0 fully saturated rings. The first-order valence-corrected chi connectivity index (χ1v) is 13.1. The Morgan fingerprint density at radius 1 is 1.00 bits per heavy atom. The Morgan fingerprint density at radius 3 is 2.48 bits per heavy atom. The molecule has 33 heavy (non-hydrogen) atoms. The summed E-state index contributed by atoms with van der Waals surface area (Å²) < 4.78 is 31.4. The van der Waals surface area contributed by atoms with Gasteiger partial charge < -0.3 is 4.74 Å². The highest BCUT2D eigenvalue weighted by molar-refractivity contribution is 7.91. The van der Waals surface area contributed by atoms with Gasteiger partial charge >= 0.3 is 0 Å². The second-order valence-corrected chi connectivity index (χ2v) is 10.6. The fraction of sp³-hybridized carbons (Fsp3) is 0.200. The summed E-state index contributed by atoms with van der Waals surface area (Å²) in [5.41, 5.74) is 1.93. The molecular weight excluding hydrogens is 456 g/mol. The predicted molar refractivity (Wildman–Crippen MR) is 132 cm³/mol. The maximum Gasteiger partial charge on any atom is 0.260 e. The SMILES string of the molecule is CCOc1cccc2sc(N(Cc3ccccc3)C(=O)c3cccc(S(=O)(=O)CC)c3)nc12. The van der Waals surface area contributed by atoms with E-state index < -0.39 is 9.84 Å². The minimum atomic E-state index is -3.44. The number of hydrogen-bond donors (Lipinski definition) is 0. The lowest BCUT2D eigenvalue weighted by Gasteiger charge is -2.20. The summed E-state index contributed by atoms with van der Waals surface area (Å²) >= 11 is 1.40. The molecule has 0 saturated carbocycles. The predicted octanol–water partition coefficient (Wildman–Crippen LogP) is 5.34. The van der Waals surface area contributed by atoms with Crippen molar-refractivity contribution in [2.24, 2.45) is 0 Å². The van der Waals surface area contributed by atoms with Crippen molar-refractivity contribution in [3.63, 3.8) is 0 Å². The largest absolute Gasteiger partial charge is 0.492 e. The first-order chi connectivity index (χ1) is 15.9. The number of fused-ring (bicyclic) bond motifs is 1. The number of ether oxygens (including phenoxy) is 1. The van der Waals surface area contributed by atoms with Gasteiger partial charge in [-0.05, 0) is 42.8 Å². The second kappa shape index (κ2) is 9.72. The van der Waals surface area contributed by atoms with E-state index in [1.54, 1.807) is 24.0 Å². The van der Waals surface area contributed by atoms with Gasteiger partial charge in [-0.2, -0.15) is 0 Å². The van der Waals surface area contributed by atoms with Crippen molar-refractivity contribution in [1.82, 2.24) is 4.98 Å². The number of nitrogens with zero attached hydrogens (tertiary/aromatic N) is 2. The van der Waals surface area contributed by atoms with Crippen LogP contribution in [0.25, 0.3) is 10.2 Å². The van der Waals surface area contributed by atoms with Gasteiger partial charge in [-0.1, -0.05) is 60.7 Å². The van der Waals surface area contributed by atoms with E-state index in [0.29, 0.717) is 35.1 Å². The number of carbonyl (C=O) groups is 1. The van der Waals surface area contributed by atoms with Crippen LogP contribution in [0.5, 0.6) is 5.75 Å². The molecule has 0 aliphatic carbocycles. The van der Waals surface area contributed by atoms with Crippen LogP contribution in [-0.4, -0.2) is 31.7 Å². The van der Waals surface area contributed by atoms with Crippen LogP contribution in [0, 0.1) is 0 Å². The number of anilines is 1. The molecule has 0 saturated heterocycles. The molecule has 6 nitrogen and oxygen atoms in total. The lowest BCUT2D eigenvalue weighted by Crippen LogP contribution is -2.30. The zero-order chi connectivity index (χ0) is 23.4. The van der Waals surface area contributed by atoms with Crippen LogP contribution in [-0.2, 0) is 16.4 Å². The van der Waals surface area contributed by atoms with E-state index in [4.69, 9.17) is 9.72 Å². The van der Waals surface area contributed by atoms with Crippen LogP contribution >= 0.6 is 11.3 Å². The molecule has 3 aromatic carbocycles. The summed E-state index contributed by atoms with van der Waals surface area (Å²) in [5.74, 6) is 0.320. The van der Waals surface area contributed by atoms with Gasteiger partial charge in [0.05, 0.1) is 28.5 Å². The molecular formula is C25H24N2O4S2. The molecule has 0 aliphatic rings. The van der Waals surface area contributed by atoms with Gasteiger partial charge in [-0.3, -0.25) is 9.69 Å². The summed E-state index contributed by atoms with van der Waals surface area (Å²) in [6.07, 6.45) is 0. The van der Waals surface area contributed by atoms with Crippen LogP contribution in [0.4, 0.5) is 5.13 Å². The Hall–Kier alpha value is -3.23. The van der Waals surface area contributed by atoms with Crippen LogP contribution in [0.3, 0.4) is 0 Å². The lowest BCUT2D eigenvalue weighted by atomic mass is 10.1. The number of aromatic nitrogens is 1. The number of sulfone groups is 1. The molecule has 0 aliphatic heterocycles. The molecule has 0 spiro atoms. The summed E-state index contributed by atoms with van der Waals surface area (Å²) in [5, 5.41) is 0.523. The van der Waals surface area contributed by atoms with Crippen LogP contribution in [0.2, 0.25) is 0 Å². The topological polar surface area (TPSA) is 76.6 Å². The molecule has 0 bridgehead atoms. The molecule has 1 heterocycles. The first kappa shape index (κ1) is 22.9. The minimum Gasteiger partial charge on any atom is -0.492 e. The van der Waals surface area contributed by atoms with Crippen molar-refractivity contribution in [2.75, 3.05) is 17.3 Å². The molecule has 4 aromatic rings. The van der Waals surface area contributed by atoms with Crippen molar-refractivity contribution >= 4 is 42.4 Å². The van der Waals surface area contributed by atoms with Crippen molar-refractivity contribution in [3.05, 3.63) is 83.9 Å². The molecule has 1 amide bonds. The third-order valence-corrected chi connectivity index (χ3v) is 7.93. The Kier molecular flexibility index (Phi) is 6.76. The van der Waals surface area contributed by atoms with Crippen LogP contribution in [0.15, 0.2) is 77.7 Å². The zero-order valence-electron chi connectivity index (χ0n) is 18.4. The number of hydrogen-bond acceptors (Lipinski definition) is 6. The van der Waals surface area contributed by atoms with Crippen LogP contribution < -0.4 is 9.64 Å². The quantitative estimate of drug-likeness (QED) is 0.340. The Morgan fingerprint density at radius 2 is 1.76 bits per heavy atom. The molecule has 1 aromatic heterocycles. The number of rotatable bonds is 8. The fourth-order valence-electron chi connectivity index (χ4n) is 3.44. The number of para-hydroxylation sites is 1. The van der Waals surface area contributed by atoms with Gasteiger partial charge in [0.15, 0.2) is 15.0 Å². The van der Waals surface area contributed by atoms with E-state index >= 15 is 0 Å². The van der Waals surface area contributed by atoms with Gasteiger partial charge in [0, 0.05) is 5.56 Å². The van der Waals surface area contributed by atoms with E-state index in [-0.39, 0.29) is 16.6 Å². The molecule has 0 N–H and O–H groups in total. The highest BCUT2D eigenvalue weighted by Crippen LogP contribution is 2.35. The summed E-state index contributed by atoms with van der Waals surface area (Å²) in [4.78, 5) is 20.1. The highest BCUT2D eigenvalue weighted by atomic mass is 32.2. The van der Waals surface area contributed by atoms with Gasteiger partial charge in [0.2, 0.25) is 0 Å². The standard InChI is InChI=1S/C25H24N2O4S2/c1-3-31-21-14-9-15-22-23(21)26-25(32-22)27(17-18-10-6-5-7-11-18)24(28)19-12-8-13-20(16-19)33(29,30)4-2/h5-16H,3-4,17H2,1-2H3. The van der Waals surface area contributed by atoms with Gasteiger partial charge in [0.25, 0.3) is 5.91 Å². The highest BCUT2D eigenvalue weighted by Gasteiger charge is 2.24. The van der Waals surface area contributed by atoms with Crippen molar-refractivity contribution in [1.29, 1.82) is 0 Å². The normalized spacial score (nSPS) is 11.5. The summed E-state index contributed by atoms with van der Waals surface area (Å²) in [6, 6.07) is 21.5. The Bertz CT molecular complexity index is 1380. The molecule has 0 unspecified atom stereocenters. The number of thiazole rings is 1. The Labute approximate surface area is 197 Å². The molecule has 0 atom stereocenters. The number of benzene rings is 3. The zero-order valence-corrected chi connectivity index (χ0v) is 20.0. The van der Waals surface area contributed by atoms with E-state index in [1.807, 2.05) is 55.5 Å². The molecule has 4 rings (SSSR count). The maximum atomic E-state index is 13.7. The number of carbonyl (C=O) groups excluding carboxylic acids is 1. The first-order valence-electron chi connectivity index (χ1n) is 10.6. The monoisotopic (exact) mass is 480 g/mol. The van der Waals surface area contributed by atoms with E-state index in [2.05, 4.69) is 0 Å². The van der Waals surface area contributed by atoms with Gasteiger partial charge in [-0.25, -0.2) is 13.4 Å². The van der Waals surface area contributed by atoms with Gasteiger partial charge in [-0.15, -0.1) is 0 Å². The minimum absolute atomic E-state index is 0.0313. The van der Waals surface area contributed by atoms with E-state index in [0.717, 1.165) is 10.3 Å². The summed E-state index contributed by atoms with van der Waals surface area (Å²) in [6.45, 7) is 4.31. The third kappa shape index (κ3) is 4.91. The maximum absolute atomic E-state index is 13.7. The van der Waals surface area contributed by atoms with E-state index in [9.17, 15) is 13.2 Å².